The average Bonchev–Trinajstić information content (AvgIpc) is 2.00. The second-order valence-electron chi connectivity index (χ2n) is 2.45. The SMILES string of the molecule is Cc1c(Br)ccc(C(O)O)c1Cl. The normalized spacial score (nSPS) is 10.8. The molecule has 0 aliphatic rings. The van der Waals surface area contributed by atoms with E-state index in [1.165, 1.54) is 0 Å². The lowest BCUT2D eigenvalue weighted by atomic mass is 10.1. The molecule has 0 aliphatic carbocycles. The smallest absolute Gasteiger partial charge is 0.179 e. The van der Waals surface area contributed by atoms with Gasteiger partial charge in [0.15, 0.2) is 6.29 Å². The minimum Gasteiger partial charge on any atom is -0.364 e. The number of hydrogen-bond donors (Lipinski definition) is 2. The van der Waals surface area contributed by atoms with Gasteiger partial charge in [-0.05, 0) is 18.6 Å². The third kappa shape index (κ3) is 1.80. The Hall–Kier alpha value is -0.0900. The first-order valence-electron chi connectivity index (χ1n) is 3.34. The summed E-state index contributed by atoms with van der Waals surface area (Å²) in [5.41, 5.74) is 1.14. The minimum absolute atomic E-state index is 0.331. The van der Waals surface area contributed by atoms with Crippen molar-refractivity contribution in [2.75, 3.05) is 0 Å². The predicted octanol–water partition coefficient (Wildman–Crippen LogP) is 2.39. The molecule has 1 rings (SSSR count). The molecule has 2 N–H and O–H groups in total. The van der Waals surface area contributed by atoms with Gasteiger partial charge in [-0.1, -0.05) is 33.6 Å². The van der Waals surface area contributed by atoms with Gasteiger partial charge >= 0.3 is 0 Å². The van der Waals surface area contributed by atoms with E-state index in [4.69, 9.17) is 21.8 Å². The van der Waals surface area contributed by atoms with Crippen molar-refractivity contribution >= 4 is 27.5 Å². The highest BCUT2D eigenvalue weighted by atomic mass is 79.9. The van der Waals surface area contributed by atoms with Crippen molar-refractivity contribution in [1.82, 2.24) is 0 Å². The molecule has 0 unspecified atom stereocenters. The molecule has 0 heterocycles. The molecular weight excluding hydrogens is 243 g/mol. The van der Waals surface area contributed by atoms with Gasteiger partial charge in [-0.25, -0.2) is 0 Å². The van der Waals surface area contributed by atoms with E-state index in [2.05, 4.69) is 15.9 Å². The molecule has 1 aromatic carbocycles. The number of rotatable bonds is 1. The van der Waals surface area contributed by atoms with Crippen molar-refractivity contribution < 1.29 is 10.2 Å². The summed E-state index contributed by atoms with van der Waals surface area (Å²) in [4.78, 5) is 0. The van der Waals surface area contributed by atoms with Crippen molar-refractivity contribution in [1.29, 1.82) is 0 Å². The van der Waals surface area contributed by atoms with E-state index in [1.54, 1.807) is 19.1 Å². The summed E-state index contributed by atoms with van der Waals surface area (Å²) in [6.45, 7) is 1.80. The lowest BCUT2D eigenvalue weighted by Crippen LogP contribution is -1.97. The summed E-state index contributed by atoms with van der Waals surface area (Å²) in [5, 5.41) is 18.1. The molecule has 1 aromatic rings. The topological polar surface area (TPSA) is 40.5 Å². The second-order valence-corrected chi connectivity index (χ2v) is 3.68. The lowest BCUT2D eigenvalue weighted by Gasteiger charge is -2.09. The van der Waals surface area contributed by atoms with Crippen LogP contribution in [0.1, 0.15) is 17.4 Å². The van der Waals surface area contributed by atoms with Crippen LogP contribution in [-0.2, 0) is 0 Å². The largest absolute Gasteiger partial charge is 0.364 e. The van der Waals surface area contributed by atoms with Gasteiger partial charge in [0.2, 0.25) is 0 Å². The van der Waals surface area contributed by atoms with Crippen molar-refractivity contribution in [2.45, 2.75) is 13.2 Å². The number of aliphatic hydroxyl groups excluding tert-OH is 1. The fourth-order valence-electron chi connectivity index (χ4n) is 0.882. The van der Waals surface area contributed by atoms with Crippen LogP contribution in [0.3, 0.4) is 0 Å². The van der Waals surface area contributed by atoms with Crippen LogP contribution in [0.25, 0.3) is 0 Å². The molecule has 4 heteroatoms. The molecule has 0 aromatic heterocycles. The van der Waals surface area contributed by atoms with Gasteiger partial charge in [-0.3, -0.25) is 0 Å². The summed E-state index contributed by atoms with van der Waals surface area (Å²) in [7, 11) is 0. The third-order valence-electron chi connectivity index (χ3n) is 1.63. The molecule has 0 saturated carbocycles. The van der Waals surface area contributed by atoms with Gasteiger partial charge < -0.3 is 10.2 Å². The van der Waals surface area contributed by atoms with Gasteiger partial charge in [-0.2, -0.15) is 0 Å². The van der Waals surface area contributed by atoms with Crippen molar-refractivity contribution in [3.05, 3.63) is 32.8 Å². The fraction of sp³-hybridized carbons (Fsp3) is 0.250. The molecular formula is C8H8BrClO2. The standard InChI is InChI=1S/C8H8BrClO2/c1-4-6(9)3-2-5(7(4)10)8(11)12/h2-3,8,11-12H,1H3. The van der Waals surface area contributed by atoms with Gasteiger partial charge in [0.25, 0.3) is 0 Å². The monoisotopic (exact) mass is 250 g/mol. The number of benzene rings is 1. The van der Waals surface area contributed by atoms with Gasteiger partial charge in [-0.15, -0.1) is 0 Å². The van der Waals surface area contributed by atoms with Crippen molar-refractivity contribution in [2.24, 2.45) is 0 Å². The molecule has 2 nitrogen and oxygen atoms in total. The van der Waals surface area contributed by atoms with Gasteiger partial charge in [0, 0.05) is 10.0 Å². The Morgan fingerprint density at radius 3 is 2.50 bits per heavy atom. The Morgan fingerprint density at radius 1 is 1.42 bits per heavy atom. The fourth-order valence-corrected chi connectivity index (χ4v) is 1.59. The Kier molecular flexibility index (Phi) is 3.12. The second kappa shape index (κ2) is 3.75. The summed E-state index contributed by atoms with van der Waals surface area (Å²) >= 11 is 9.13. The van der Waals surface area contributed by atoms with Crippen LogP contribution in [0.2, 0.25) is 5.02 Å². The molecule has 0 fully saturated rings. The van der Waals surface area contributed by atoms with Crippen molar-refractivity contribution in [3.8, 4) is 0 Å². The maximum atomic E-state index is 8.88. The number of hydrogen-bond acceptors (Lipinski definition) is 2. The van der Waals surface area contributed by atoms with Crippen LogP contribution < -0.4 is 0 Å². The van der Waals surface area contributed by atoms with Crippen LogP contribution in [0.5, 0.6) is 0 Å². The summed E-state index contributed by atoms with van der Waals surface area (Å²) < 4.78 is 0.858. The first-order valence-corrected chi connectivity index (χ1v) is 4.51. The first kappa shape index (κ1) is 9.99. The molecule has 0 radical (unpaired) electrons. The lowest BCUT2D eigenvalue weighted by molar-refractivity contribution is -0.0424. The van der Waals surface area contributed by atoms with Gasteiger partial charge in [0.1, 0.15) is 0 Å². The maximum absolute atomic E-state index is 8.88. The highest BCUT2D eigenvalue weighted by Crippen LogP contribution is 2.30. The Morgan fingerprint density at radius 2 is 2.00 bits per heavy atom. The Labute approximate surface area is 83.9 Å². The zero-order valence-electron chi connectivity index (χ0n) is 6.38. The Bertz CT molecular complexity index is 299. The van der Waals surface area contributed by atoms with E-state index in [1.807, 2.05) is 0 Å². The minimum atomic E-state index is -1.51. The molecule has 0 bridgehead atoms. The molecule has 0 aliphatic heterocycles. The molecule has 0 amide bonds. The summed E-state index contributed by atoms with van der Waals surface area (Å²) in [6.07, 6.45) is -1.51. The quantitative estimate of drug-likeness (QED) is 0.753. The summed E-state index contributed by atoms with van der Waals surface area (Å²) in [5.74, 6) is 0. The highest BCUT2D eigenvalue weighted by Gasteiger charge is 2.11. The molecule has 0 saturated heterocycles. The van der Waals surface area contributed by atoms with Crippen molar-refractivity contribution in [3.63, 3.8) is 0 Å². The van der Waals surface area contributed by atoms with E-state index in [0.29, 0.717) is 10.6 Å². The zero-order valence-corrected chi connectivity index (χ0v) is 8.72. The van der Waals surface area contributed by atoms with Crippen LogP contribution in [0, 0.1) is 6.92 Å². The Balaban J connectivity index is 3.27. The van der Waals surface area contributed by atoms with Crippen LogP contribution >= 0.6 is 27.5 Å². The van der Waals surface area contributed by atoms with E-state index in [-0.39, 0.29) is 0 Å². The molecule has 0 atom stereocenters. The maximum Gasteiger partial charge on any atom is 0.179 e. The number of aliphatic hydroxyl groups is 2. The van der Waals surface area contributed by atoms with E-state index < -0.39 is 6.29 Å². The zero-order chi connectivity index (χ0) is 9.30. The van der Waals surface area contributed by atoms with Crippen LogP contribution in [0.15, 0.2) is 16.6 Å². The average molecular weight is 252 g/mol. The summed E-state index contributed by atoms with van der Waals surface area (Å²) in [6, 6.07) is 3.31. The van der Waals surface area contributed by atoms with E-state index in [0.717, 1.165) is 10.0 Å². The molecule has 66 valence electrons. The molecule has 12 heavy (non-hydrogen) atoms. The van der Waals surface area contributed by atoms with Gasteiger partial charge in [0.05, 0.1) is 5.02 Å². The third-order valence-corrected chi connectivity index (χ3v) is 2.99. The van der Waals surface area contributed by atoms with E-state index >= 15 is 0 Å². The predicted molar refractivity (Wildman–Crippen MR) is 51.1 cm³/mol. The number of halogens is 2. The first-order chi connectivity index (χ1) is 5.54. The van der Waals surface area contributed by atoms with E-state index in [9.17, 15) is 0 Å². The molecule has 0 spiro atoms. The van der Waals surface area contributed by atoms with Crippen LogP contribution in [-0.4, -0.2) is 10.2 Å². The highest BCUT2D eigenvalue weighted by molar-refractivity contribution is 9.10. The van der Waals surface area contributed by atoms with Crippen LogP contribution in [0.4, 0.5) is 0 Å².